The number of halogens is 1. The zero-order valence-corrected chi connectivity index (χ0v) is 16.2. The topological polar surface area (TPSA) is 83.5 Å². The molecule has 0 aliphatic carbocycles. The van der Waals surface area contributed by atoms with Crippen LogP contribution in [0, 0.1) is 5.82 Å². The summed E-state index contributed by atoms with van der Waals surface area (Å²) in [6, 6.07) is 13.1. The molecule has 0 radical (unpaired) electrons. The van der Waals surface area contributed by atoms with Gasteiger partial charge in [0.15, 0.2) is 18.2 Å². The maximum absolute atomic E-state index is 12.9. The molecule has 1 saturated heterocycles. The van der Waals surface area contributed by atoms with Crippen LogP contribution in [0.2, 0.25) is 0 Å². The zero-order chi connectivity index (χ0) is 20.8. The minimum Gasteiger partial charge on any atom is -0.484 e. The average molecular weight is 408 g/mol. The van der Waals surface area contributed by atoms with Crippen molar-refractivity contribution in [2.45, 2.75) is 0 Å². The third-order valence-corrected chi connectivity index (χ3v) is 4.72. The van der Waals surface area contributed by atoms with Crippen LogP contribution in [0.4, 0.5) is 21.7 Å². The van der Waals surface area contributed by atoms with Crippen LogP contribution in [0.1, 0.15) is 0 Å². The number of pyridine rings is 1. The maximum Gasteiger partial charge on any atom is 0.260 e. The Morgan fingerprint density at radius 2 is 1.83 bits per heavy atom. The Morgan fingerprint density at radius 1 is 1.03 bits per heavy atom. The molecular weight excluding hydrogens is 387 g/mol. The molecule has 3 aromatic rings. The molecule has 0 atom stereocenters. The van der Waals surface area contributed by atoms with Crippen LogP contribution in [-0.2, 0) is 4.79 Å². The molecule has 2 aromatic heterocycles. The SMILES string of the molecule is O=C(COc1ccc(F)cc1)N1CCN(c2ccc(Nc3cccnc3)nn2)CC1. The van der Waals surface area contributed by atoms with Crippen molar-refractivity contribution >= 4 is 23.2 Å². The van der Waals surface area contributed by atoms with E-state index < -0.39 is 0 Å². The van der Waals surface area contributed by atoms with Crippen molar-refractivity contribution in [1.82, 2.24) is 20.1 Å². The van der Waals surface area contributed by atoms with Crippen molar-refractivity contribution in [3.8, 4) is 5.75 Å². The van der Waals surface area contributed by atoms with E-state index in [1.807, 2.05) is 24.3 Å². The second kappa shape index (κ2) is 9.17. The molecule has 1 aliphatic rings. The number of rotatable bonds is 6. The predicted octanol–water partition coefficient (Wildman–Crippen LogP) is 2.48. The molecule has 0 saturated carbocycles. The van der Waals surface area contributed by atoms with Crippen LogP contribution in [0.15, 0.2) is 60.9 Å². The number of ether oxygens (including phenoxy) is 1. The smallest absolute Gasteiger partial charge is 0.260 e. The Morgan fingerprint density at radius 3 is 2.50 bits per heavy atom. The number of hydrogen-bond donors (Lipinski definition) is 1. The Labute approximate surface area is 173 Å². The van der Waals surface area contributed by atoms with E-state index in [0.717, 1.165) is 11.5 Å². The molecule has 0 spiro atoms. The van der Waals surface area contributed by atoms with Gasteiger partial charge in [-0.15, -0.1) is 10.2 Å². The molecule has 1 amide bonds. The van der Waals surface area contributed by atoms with E-state index >= 15 is 0 Å². The minimum atomic E-state index is -0.339. The Hall–Kier alpha value is -3.75. The van der Waals surface area contributed by atoms with Crippen LogP contribution < -0.4 is 15.0 Å². The van der Waals surface area contributed by atoms with Crippen LogP contribution >= 0.6 is 0 Å². The molecule has 1 aliphatic heterocycles. The van der Waals surface area contributed by atoms with Gasteiger partial charge in [0.05, 0.1) is 11.9 Å². The standard InChI is InChI=1S/C21H21FN6O2/c22-16-3-5-18(6-4-16)30-15-21(29)28-12-10-27(11-13-28)20-8-7-19(25-26-20)24-17-2-1-9-23-14-17/h1-9,14H,10-13,15H2,(H,24,25). The summed E-state index contributed by atoms with van der Waals surface area (Å²) in [6.45, 7) is 2.39. The zero-order valence-electron chi connectivity index (χ0n) is 16.2. The van der Waals surface area contributed by atoms with E-state index in [9.17, 15) is 9.18 Å². The summed E-state index contributed by atoms with van der Waals surface area (Å²) in [5.74, 6) is 1.44. The highest BCUT2D eigenvalue weighted by atomic mass is 19.1. The van der Waals surface area contributed by atoms with Crippen molar-refractivity contribution in [3.63, 3.8) is 0 Å². The first-order chi connectivity index (χ1) is 14.7. The number of aromatic nitrogens is 3. The van der Waals surface area contributed by atoms with E-state index in [4.69, 9.17) is 4.74 Å². The molecule has 1 aromatic carbocycles. The monoisotopic (exact) mass is 408 g/mol. The third kappa shape index (κ3) is 4.99. The first kappa shape index (κ1) is 19.6. The Bertz CT molecular complexity index is 961. The highest BCUT2D eigenvalue weighted by Crippen LogP contribution is 2.17. The maximum atomic E-state index is 12.9. The molecule has 8 nitrogen and oxygen atoms in total. The van der Waals surface area contributed by atoms with Crippen molar-refractivity contribution < 1.29 is 13.9 Å². The molecule has 0 unspecified atom stereocenters. The van der Waals surface area contributed by atoms with Gasteiger partial charge in [0.25, 0.3) is 5.91 Å². The normalized spacial score (nSPS) is 13.8. The van der Waals surface area contributed by atoms with Gasteiger partial charge in [0.1, 0.15) is 11.6 Å². The summed E-state index contributed by atoms with van der Waals surface area (Å²) < 4.78 is 18.4. The molecule has 30 heavy (non-hydrogen) atoms. The summed E-state index contributed by atoms with van der Waals surface area (Å²) in [6.07, 6.45) is 3.42. The summed E-state index contributed by atoms with van der Waals surface area (Å²) >= 11 is 0. The number of benzene rings is 1. The molecule has 3 heterocycles. The third-order valence-electron chi connectivity index (χ3n) is 4.72. The van der Waals surface area contributed by atoms with Crippen molar-refractivity contribution in [1.29, 1.82) is 0 Å². The molecular formula is C21H21FN6O2. The fourth-order valence-corrected chi connectivity index (χ4v) is 3.10. The molecule has 1 fully saturated rings. The number of hydrogen-bond acceptors (Lipinski definition) is 7. The van der Waals surface area contributed by atoms with Gasteiger partial charge in [0.2, 0.25) is 0 Å². The predicted molar refractivity (Wildman–Crippen MR) is 110 cm³/mol. The van der Waals surface area contributed by atoms with Crippen LogP contribution in [0.25, 0.3) is 0 Å². The van der Waals surface area contributed by atoms with Gasteiger partial charge in [0, 0.05) is 32.4 Å². The molecule has 9 heteroatoms. The Kier molecular flexibility index (Phi) is 5.98. The molecule has 154 valence electrons. The number of amides is 1. The summed E-state index contributed by atoms with van der Waals surface area (Å²) in [5.41, 5.74) is 0.842. The van der Waals surface area contributed by atoms with Crippen LogP contribution in [0.5, 0.6) is 5.75 Å². The minimum absolute atomic E-state index is 0.0693. The highest BCUT2D eigenvalue weighted by molar-refractivity contribution is 5.78. The van der Waals surface area contributed by atoms with Gasteiger partial charge in [-0.1, -0.05) is 0 Å². The van der Waals surface area contributed by atoms with Crippen LogP contribution in [0.3, 0.4) is 0 Å². The lowest BCUT2D eigenvalue weighted by atomic mass is 10.3. The summed E-state index contributed by atoms with van der Waals surface area (Å²) in [7, 11) is 0. The van der Waals surface area contributed by atoms with Gasteiger partial charge >= 0.3 is 0 Å². The summed E-state index contributed by atoms with van der Waals surface area (Å²) in [5, 5.41) is 11.6. The van der Waals surface area contributed by atoms with E-state index in [1.54, 1.807) is 17.3 Å². The van der Waals surface area contributed by atoms with E-state index in [2.05, 4.69) is 25.4 Å². The van der Waals surface area contributed by atoms with Gasteiger partial charge in [-0.05, 0) is 48.5 Å². The number of nitrogens with one attached hydrogen (secondary N) is 1. The molecule has 0 bridgehead atoms. The van der Waals surface area contributed by atoms with E-state index in [1.165, 1.54) is 24.3 Å². The lowest BCUT2D eigenvalue weighted by Crippen LogP contribution is -2.50. The largest absolute Gasteiger partial charge is 0.484 e. The van der Waals surface area contributed by atoms with Crippen molar-refractivity contribution in [2.75, 3.05) is 43.0 Å². The van der Waals surface area contributed by atoms with Crippen LogP contribution in [-0.4, -0.2) is 58.8 Å². The quantitative estimate of drug-likeness (QED) is 0.671. The second-order valence-electron chi connectivity index (χ2n) is 6.75. The number of carbonyl (C=O) groups is 1. The lowest BCUT2D eigenvalue weighted by Gasteiger charge is -2.35. The second-order valence-corrected chi connectivity index (χ2v) is 6.75. The van der Waals surface area contributed by atoms with Crippen molar-refractivity contribution in [2.24, 2.45) is 0 Å². The number of nitrogens with zero attached hydrogens (tertiary/aromatic N) is 5. The van der Waals surface area contributed by atoms with Gasteiger partial charge in [-0.3, -0.25) is 9.78 Å². The average Bonchev–Trinajstić information content (AvgIpc) is 2.80. The highest BCUT2D eigenvalue weighted by Gasteiger charge is 2.22. The van der Waals surface area contributed by atoms with E-state index in [-0.39, 0.29) is 18.3 Å². The van der Waals surface area contributed by atoms with Gasteiger partial charge in [-0.2, -0.15) is 0 Å². The fraction of sp³-hybridized carbons (Fsp3) is 0.238. The molecule has 1 N–H and O–H groups in total. The number of anilines is 3. The van der Waals surface area contributed by atoms with Crippen molar-refractivity contribution in [3.05, 3.63) is 66.7 Å². The van der Waals surface area contributed by atoms with Gasteiger partial charge < -0.3 is 19.9 Å². The number of piperazine rings is 1. The lowest BCUT2D eigenvalue weighted by molar-refractivity contribution is -0.133. The molecule has 4 rings (SSSR count). The first-order valence-corrected chi connectivity index (χ1v) is 9.59. The fourth-order valence-electron chi connectivity index (χ4n) is 3.10. The van der Waals surface area contributed by atoms with E-state index in [0.29, 0.717) is 37.7 Å². The van der Waals surface area contributed by atoms with Gasteiger partial charge in [-0.25, -0.2) is 4.39 Å². The Balaban J connectivity index is 1.25. The first-order valence-electron chi connectivity index (χ1n) is 9.59. The number of carbonyl (C=O) groups excluding carboxylic acids is 1. The summed E-state index contributed by atoms with van der Waals surface area (Å²) in [4.78, 5) is 20.3.